The van der Waals surface area contributed by atoms with Crippen LogP contribution in [-0.2, 0) is 17.6 Å². The Hall–Kier alpha value is -1.55. The number of aryl methyl sites for hydroxylation is 2. The second-order valence-electron chi connectivity index (χ2n) is 5.20. The van der Waals surface area contributed by atoms with Crippen LogP contribution in [0.4, 0.5) is 5.69 Å². The molecule has 2 aliphatic rings. The van der Waals surface area contributed by atoms with Crippen molar-refractivity contribution in [1.82, 2.24) is 0 Å². The first-order valence-electron chi connectivity index (χ1n) is 6.56. The van der Waals surface area contributed by atoms with E-state index in [4.69, 9.17) is 10.8 Å². The number of hydrogen-bond acceptors (Lipinski definition) is 3. The van der Waals surface area contributed by atoms with Crippen LogP contribution in [0, 0.1) is 0 Å². The van der Waals surface area contributed by atoms with Crippen molar-refractivity contribution in [3.8, 4) is 0 Å². The van der Waals surface area contributed by atoms with E-state index in [0.29, 0.717) is 0 Å². The molecule has 0 amide bonds. The standard InChI is InChI=1S/C14H18N2O2/c15-12(14(17)18)11-7-9-3-1-5-16-6-2-4-10(8-11)13(9)16/h7-8,12H,1-6,15H2,(H,17,18). The number of carboxylic acid groups (broad SMARTS) is 1. The van der Waals surface area contributed by atoms with E-state index in [2.05, 4.69) is 4.90 Å². The maximum Gasteiger partial charge on any atom is 0.325 e. The van der Waals surface area contributed by atoms with E-state index in [0.717, 1.165) is 44.3 Å². The highest BCUT2D eigenvalue weighted by atomic mass is 16.4. The molecule has 0 spiro atoms. The number of carboxylic acids is 1. The zero-order valence-corrected chi connectivity index (χ0v) is 10.4. The van der Waals surface area contributed by atoms with Gasteiger partial charge >= 0.3 is 5.97 Å². The Bertz CT molecular complexity index is 468. The smallest absolute Gasteiger partial charge is 0.325 e. The van der Waals surface area contributed by atoms with Gasteiger partial charge in [-0.05, 0) is 42.4 Å². The molecule has 1 aromatic carbocycles. The third-order valence-corrected chi connectivity index (χ3v) is 3.98. The van der Waals surface area contributed by atoms with Crippen LogP contribution in [0.15, 0.2) is 12.1 Å². The summed E-state index contributed by atoms with van der Waals surface area (Å²) in [6, 6.07) is 3.09. The molecule has 0 radical (unpaired) electrons. The summed E-state index contributed by atoms with van der Waals surface area (Å²) in [6.45, 7) is 2.26. The molecule has 0 bridgehead atoms. The molecule has 1 atom stereocenters. The van der Waals surface area contributed by atoms with Gasteiger partial charge in [0.25, 0.3) is 0 Å². The molecule has 3 rings (SSSR count). The van der Waals surface area contributed by atoms with Crippen LogP contribution in [0.25, 0.3) is 0 Å². The van der Waals surface area contributed by atoms with Gasteiger partial charge in [0.2, 0.25) is 0 Å². The number of anilines is 1. The van der Waals surface area contributed by atoms with E-state index < -0.39 is 12.0 Å². The van der Waals surface area contributed by atoms with Crippen LogP contribution in [0.2, 0.25) is 0 Å². The molecule has 2 heterocycles. The highest BCUT2D eigenvalue weighted by Crippen LogP contribution is 2.36. The fourth-order valence-electron chi connectivity index (χ4n) is 3.15. The van der Waals surface area contributed by atoms with Gasteiger partial charge in [-0.1, -0.05) is 12.1 Å². The van der Waals surface area contributed by atoms with E-state index in [1.807, 2.05) is 12.1 Å². The van der Waals surface area contributed by atoms with Gasteiger partial charge < -0.3 is 15.7 Å². The summed E-state index contributed by atoms with van der Waals surface area (Å²) in [7, 11) is 0. The molecular weight excluding hydrogens is 228 g/mol. The SMILES string of the molecule is NC(C(=O)O)c1cc2c3c(c1)CCCN3CCC2. The lowest BCUT2D eigenvalue weighted by atomic mass is 9.88. The predicted molar refractivity (Wildman–Crippen MR) is 69.9 cm³/mol. The first kappa shape index (κ1) is 11.5. The van der Waals surface area contributed by atoms with Crippen molar-refractivity contribution in [3.63, 3.8) is 0 Å². The molecule has 0 saturated heterocycles. The lowest BCUT2D eigenvalue weighted by molar-refractivity contribution is -0.138. The molecule has 4 heteroatoms. The minimum Gasteiger partial charge on any atom is -0.480 e. The average Bonchev–Trinajstić information content (AvgIpc) is 2.38. The number of aliphatic carboxylic acids is 1. The molecule has 0 fully saturated rings. The largest absolute Gasteiger partial charge is 0.480 e. The second kappa shape index (κ2) is 4.28. The fraction of sp³-hybridized carbons (Fsp3) is 0.500. The number of nitrogens with zero attached hydrogens (tertiary/aromatic N) is 1. The third kappa shape index (κ3) is 1.77. The van der Waals surface area contributed by atoms with Crippen LogP contribution in [-0.4, -0.2) is 24.2 Å². The molecule has 4 nitrogen and oxygen atoms in total. The molecule has 3 N–H and O–H groups in total. The Morgan fingerprint density at radius 1 is 1.22 bits per heavy atom. The maximum absolute atomic E-state index is 11.0. The molecule has 0 saturated carbocycles. The minimum absolute atomic E-state index is 0.750. The topological polar surface area (TPSA) is 66.6 Å². The Morgan fingerprint density at radius 2 is 1.78 bits per heavy atom. The summed E-state index contributed by atoms with van der Waals surface area (Å²) in [5.41, 5.74) is 10.4. The Morgan fingerprint density at radius 3 is 2.28 bits per heavy atom. The fourth-order valence-corrected chi connectivity index (χ4v) is 3.15. The monoisotopic (exact) mass is 246 g/mol. The molecule has 2 aliphatic heterocycles. The number of rotatable bonds is 2. The second-order valence-corrected chi connectivity index (χ2v) is 5.20. The van der Waals surface area contributed by atoms with Crippen molar-refractivity contribution < 1.29 is 9.90 Å². The van der Waals surface area contributed by atoms with Gasteiger partial charge in [0.1, 0.15) is 6.04 Å². The van der Waals surface area contributed by atoms with Crippen LogP contribution >= 0.6 is 0 Å². The van der Waals surface area contributed by atoms with Gasteiger partial charge in [0, 0.05) is 18.8 Å². The average molecular weight is 246 g/mol. The summed E-state index contributed by atoms with van der Waals surface area (Å²) < 4.78 is 0. The van der Waals surface area contributed by atoms with E-state index in [9.17, 15) is 4.79 Å². The number of benzene rings is 1. The van der Waals surface area contributed by atoms with Gasteiger partial charge in [-0.2, -0.15) is 0 Å². The number of nitrogens with two attached hydrogens (primary N) is 1. The van der Waals surface area contributed by atoms with Crippen LogP contribution in [0.5, 0.6) is 0 Å². The first-order valence-corrected chi connectivity index (χ1v) is 6.56. The molecule has 0 aromatic heterocycles. The highest BCUT2D eigenvalue weighted by molar-refractivity contribution is 5.76. The van der Waals surface area contributed by atoms with Gasteiger partial charge in [-0.25, -0.2) is 0 Å². The molecule has 1 unspecified atom stereocenters. The van der Waals surface area contributed by atoms with Gasteiger partial charge in [0.15, 0.2) is 0 Å². The lowest BCUT2D eigenvalue weighted by Crippen LogP contribution is -2.35. The van der Waals surface area contributed by atoms with Crippen molar-refractivity contribution in [1.29, 1.82) is 0 Å². The van der Waals surface area contributed by atoms with Crippen molar-refractivity contribution in [3.05, 3.63) is 28.8 Å². The zero-order valence-electron chi connectivity index (χ0n) is 10.4. The highest BCUT2D eigenvalue weighted by Gasteiger charge is 2.26. The Kier molecular flexibility index (Phi) is 2.74. The van der Waals surface area contributed by atoms with E-state index in [-0.39, 0.29) is 0 Å². The van der Waals surface area contributed by atoms with Gasteiger partial charge in [-0.3, -0.25) is 4.79 Å². The zero-order chi connectivity index (χ0) is 12.7. The summed E-state index contributed by atoms with van der Waals surface area (Å²) in [6.07, 6.45) is 4.38. The summed E-state index contributed by atoms with van der Waals surface area (Å²) in [5.74, 6) is -0.953. The summed E-state index contributed by atoms with van der Waals surface area (Å²) in [5, 5.41) is 9.03. The quantitative estimate of drug-likeness (QED) is 0.829. The molecule has 18 heavy (non-hydrogen) atoms. The maximum atomic E-state index is 11.0. The normalized spacial score (nSPS) is 19.3. The molecule has 96 valence electrons. The van der Waals surface area contributed by atoms with Crippen LogP contribution < -0.4 is 10.6 Å². The van der Waals surface area contributed by atoms with Gasteiger partial charge in [-0.15, -0.1) is 0 Å². The van der Waals surface area contributed by atoms with Crippen molar-refractivity contribution in [2.45, 2.75) is 31.7 Å². The van der Waals surface area contributed by atoms with Crippen molar-refractivity contribution >= 4 is 11.7 Å². The first-order chi connectivity index (χ1) is 8.66. The molecular formula is C14H18N2O2. The predicted octanol–water partition coefficient (Wildman–Crippen LogP) is 1.47. The number of hydrogen-bond donors (Lipinski definition) is 2. The number of carbonyl (C=O) groups is 1. The Balaban J connectivity index is 2.08. The summed E-state index contributed by atoms with van der Waals surface area (Å²) in [4.78, 5) is 13.4. The van der Waals surface area contributed by atoms with Gasteiger partial charge in [0.05, 0.1) is 0 Å². The summed E-state index contributed by atoms with van der Waals surface area (Å²) >= 11 is 0. The van der Waals surface area contributed by atoms with E-state index in [1.165, 1.54) is 16.8 Å². The van der Waals surface area contributed by atoms with Crippen molar-refractivity contribution in [2.24, 2.45) is 5.73 Å². The molecule has 1 aromatic rings. The lowest BCUT2D eigenvalue weighted by Gasteiger charge is -2.37. The Labute approximate surface area is 106 Å². The van der Waals surface area contributed by atoms with E-state index >= 15 is 0 Å². The third-order valence-electron chi connectivity index (χ3n) is 3.98. The van der Waals surface area contributed by atoms with E-state index in [1.54, 1.807) is 0 Å². The van der Waals surface area contributed by atoms with Crippen LogP contribution in [0.1, 0.15) is 35.6 Å². The minimum atomic E-state index is -0.953. The van der Waals surface area contributed by atoms with Crippen molar-refractivity contribution in [2.75, 3.05) is 18.0 Å². The molecule has 0 aliphatic carbocycles. The van der Waals surface area contributed by atoms with Crippen LogP contribution in [0.3, 0.4) is 0 Å².